The third kappa shape index (κ3) is 2.17. The second kappa shape index (κ2) is 4.63. The van der Waals surface area contributed by atoms with Crippen LogP contribution >= 0.6 is 11.3 Å². The van der Waals surface area contributed by atoms with E-state index in [2.05, 4.69) is 4.98 Å². The molecule has 2 unspecified atom stereocenters. The van der Waals surface area contributed by atoms with Crippen LogP contribution in [0.3, 0.4) is 0 Å². The number of carbonyl (C=O) groups is 1. The van der Waals surface area contributed by atoms with Gasteiger partial charge in [0.25, 0.3) is 0 Å². The number of hydrogen-bond acceptors (Lipinski definition) is 5. The Kier molecular flexibility index (Phi) is 3.74. The van der Waals surface area contributed by atoms with E-state index in [0.717, 1.165) is 6.29 Å². The minimum Gasteiger partial charge on any atom is -0.383 e. The van der Waals surface area contributed by atoms with Crippen molar-refractivity contribution in [2.75, 3.05) is 7.11 Å². The monoisotopic (exact) mass is 215 g/mol. The summed E-state index contributed by atoms with van der Waals surface area (Å²) in [7, 11) is 1.52. The number of methoxy groups -OCH3 is 1. The molecule has 0 saturated carbocycles. The molecule has 1 heterocycles. The number of aliphatic hydroxyl groups is 1. The van der Waals surface area contributed by atoms with Crippen LogP contribution in [0, 0.1) is 6.92 Å². The molecule has 0 spiro atoms. The van der Waals surface area contributed by atoms with Crippen molar-refractivity contribution in [3.63, 3.8) is 0 Å². The SMILES string of the molecule is COC(C)C(O)c1nc(C)c(C=O)s1. The quantitative estimate of drug-likeness (QED) is 0.770. The normalized spacial score (nSPS) is 15.1. The number of carbonyl (C=O) groups excluding carboxylic acids is 1. The van der Waals surface area contributed by atoms with E-state index in [-0.39, 0.29) is 6.10 Å². The molecule has 1 rings (SSSR count). The van der Waals surface area contributed by atoms with Crippen LogP contribution in [0.1, 0.15) is 33.4 Å². The van der Waals surface area contributed by atoms with Crippen molar-refractivity contribution in [3.05, 3.63) is 15.6 Å². The number of rotatable bonds is 4. The Morgan fingerprint density at radius 1 is 1.64 bits per heavy atom. The summed E-state index contributed by atoms with van der Waals surface area (Å²) in [5.41, 5.74) is 0.655. The van der Waals surface area contributed by atoms with Crippen LogP contribution in [-0.2, 0) is 4.74 Å². The van der Waals surface area contributed by atoms with Crippen LogP contribution in [0.25, 0.3) is 0 Å². The Bertz CT molecular complexity index is 324. The number of aldehydes is 1. The van der Waals surface area contributed by atoms with Gasteiger partial charge in [-0.05, 0) is 13.8 Å². The van der Waals surface area contributed by atoms with Gasteiger partial charge < -0.3 is 9.84 Å². The number of aliphatic hydroxyl groups excluding tert-OH is 1. The molecule has 4 nitrogen and oxygen atoms in total. The first-order valence-electron chi connectivity index (χ1n) is 4.23. The molecular weight excluding hydrogens is 202 g/mol. The van der Waals surface area contributed by atoms with Crippen molar-refractivity contribution in [2.24, 2.45) is 0 Å². The second-order valence-corrected chi connectivity index (χ2v) is 4.07. The average molecular weight is 215 g/mol. The van der Waals surface area contributed by atoms with E-state index in [0.29, 0.717) is 15.6 Å². The summed E-state index contributed by atoms with van der Waals surface area (Å²) >= 11 is 1.20. The first-order chi connectivity index (χ1) is 6.60. The van der Waals surface area contributed by atoms with Crippen LogP contribution < -0.4 is 0 Å². The van der Waals surface area contributed by atoms with E-state index >= 15 is 0 Å². The molecule has 1 N–H and O–H groups in total. The molecule has 0 aromatic carbocycles. The first-order valence-corrected chi connectivity index (χ1v) is 5.05. The van der Waals surface area contributed by atoms with Crippen molar-refractivity contribution in [1.29, 1.82) is 0 Å². The van der Waals surface area contributed by atoms with Crippen LogP contribution in [0.15, 0.2) is 0 Å². The first kappa shape index (κ1) is 11.3. The lowest BCUT2D eigenvalue weighted by Crippen LogP contribution is -2.16. The third-order valence-corrected chi connectivity index (χ3v) is 3.18. The minimum atomic E-state index is -0.766. The highest BCUT2D eigenvalue weighted by atomic mass is 32.1. The van der Waals surface area contributed by atoms with Crippen molar-refractivity contribution in [3.8, 4) is 0 Å². The Balaban J connectivity index is 2.90. The maximum absolute atomic E-state index is 10.6. The number of nitrogens with zero attached hydrogens (tertiary/aromatic N) is 1. The maximum Gasteiger partial charge on any atom is 0.161 e. The number of hydrogen-bond donors (Lipinski definition) is 1. The van der Waals surface area contributed by atoms with Gasteiger partial charge in [-0.25, -0.2) is 4.98 Å². The molecule has 1 aromatic heterocycles. The fourth-order valence-electron chi connectivity index (χ4n) is 0.995. The lowest BCUT2D eigenvalue weighted by molar-refractivity contribution is -0.00156. The topological polar surface area (TPSA) is 59.4 Å². The van der Waals surface area contributed by atoms with Crippen LogP contribution in [-0.4, -0.2) is 29.6 Å². The summed E-state index contributed by atoms with van der Waals surface area (Å²) in [6, 6.07) is 0. The maximum atomic E-state index is 10.6. The van der Waals surface area contributed by atoms with Gasteiger partial charge in [0.05, 0.1) is 16.7 Å². The highest BCUT2D eigenvalue weighted by Gasteiger charge is 2.20. The van der Waals surface area contributed by atoms with E-state index in [1.165, 1.54) is 18.4 Å². The minimum absolute atomic E-state index is 0.319. The number of ether oxygens (including phenoxy) is 1. The van der Waals surface area contributed by atoms with Gasteiger partial charge in [0.15, 0.2) is 6.29 Å². The predicted octanol–water partition coefficient (Wildman–Crippen LogP) is 1.33. The van der Waals surface area contributed by atoms with Crippen LogP contribution in [0.4, 0.5) is 0 Å². The number of aryl methyl sites for hydroxylation is 1. The molecule has 0 radical (unpaired) electrons. The molecule has 78 valence electrons. The lowest BCUT2D eigenvalue weighted by Gasteiger charge is -2.14. The van der Waals surface area contributed by atoms with Crippen molar-refractivity contribution in [1.82, 2.24) is 4.98 Å². The summed E-state index contributed by atoms with van der Waals surface area (Å²) in [5, 5.41) is 10.3. The Morgan fingerprint density at radius 3 is 2.71 bits per heavy atom. The van der Waals surface area contributed by atoms with E-state index in [1.54, 1.807) is 13.8 Å². The Labute approximate surface area is 86.6 Å². The van der Waals surface area contributed by atoms with Crippen molar-refractivity contribution < 1.29 is 14.6 Å². The summed E-state index contributed by atoms with van der Waals surface area (Å²) in [4.78, 5) is 15.2. The summed E-state index contributed by atoms with van der Waals surface area (Å²) in [6.45, 7) is 3.50. The van der Waals surface area contributed by atoms with E-state index in [1.807, 2.05) is 0 Å². The molecule has 14 heavy (non-hydrogen) atoms. The molecule has 0 amide bonds. The highest BCUT2D eigenvalue weighted by Crippen LogP contribution is 2.25. The highest BCUT2D eigenvalue weighted by molar-refractivity contribution is 7.13. The molecule has 0 fully saturated rings. The van der Waals surface area contributed by atoms with Crippen LogP contribution in [0.5, 0.6) is 0 Å². The molecule has 5 heteroatoms. The zero-order chi connectivity index (χ0) is 10.7. The lowest BCUT2D eigenvalue weighted by atomic mass is 10.2. The largest absolute Gasteiger partial charge is 0.383 e. The summed E-state index contributed by atoms with van der Waals surface area (Å²) < 4.78 is 4.98. The molecular formula is C9H13NO3S. The molecule has 0 saturated heterocycles. The van der Waals surface area contributed by atoms with Gasteiger partial charge in [0.2, 0.25) is 0 Å². The van der Waals surface area contributed by atoms with Crippen molar-refractivity contribution >= 4 is 17.6 Å². The van der Waals surface area contributed by atoms with E-state index < -0.39 is 6.10 Å². The van der Waals surface area contributed by atoms with Gasteiger partial charge in [-0.2, -0.15) is 0 Å². The zero-order valence-corrected chi connectivity index (χ0v) is 9.17. The summed E-state index contributed by atoms with van der Waals surface area (Å²) in [5.74, 6) is 0. The molecule has 2 atom stereocenters. The zero-order valence-electron chi connectivity index (χ0n) is 8.35. The van der Waals surface area contributed by atoms with Crippen molar-refractivity contribution in [2.45, 2.75) is 26.1 Å². The summed E-state index contributed by atoms with van der Waals surface area (Å²) in [6.07, 6.45) is -0.335. The van der Waals surface area contributed by atoms with E-state index in [4.69, 9.17) is 4.74 Å². The molecule has 0 bridgehead atoms. The van der Waals surface area contributed by atoms with Crippen LogP contribution in [0.2, 0.25) is 0 Å². The molecule has 0 aliphatic carbocycles. The second-order valence-electron chi connectivity index (χ2n) is 3.01. The van der Waals surface area contributed by atoms with Gasteiger partial charge in [-0.3, -0.25) is 4.79 Å². The fraction of sp³-hybridized carbons (Fsp3) is 0.556. The molecule has 1 aromatic rings. The molecule has 0 aliphatic heterocycles. The fourth-order valence-corrected chi connectivity index (χ4v) is 1.96. The third-order valence-electron chi connectivity index (χ3n) is 2.03. The van der Waals surface area contributed by atoms with E-state index in [9.17, 15) is 9.90 Å². The Morgan fingerprint density at radius 2 is 2.29 bits per heavy atom. The van der Waals surface area contributed by atoms with Gasteiger partial charge in [-0.1, -0.05) is 0 Å². The Hall–Kier alpha value is -0.780. The average Bonchev–Trinajstić information content (AvgIpc) is 2.57. The van der Waals surface area contributed by atoms with Gasteiger partial charge in [0.1, 0.15) is 11.1 Å². The van der Waals surface area contributed by atoms with Gasteiger partial charge in [-0.15, -0.1) is 11.3 Å². The van der Waals surface area contributed by atoms with Gasteiger partial charge in [0, 0.05) is 7.11 Å². The van der Waals surface area contributed by atoms with Gasteiger partial charge >= 0.3 is 0 Å². The number of aromatic nitrogens is 1. The predicted molar refractivity (Wildman–Crippen MR) is 53.7 cm³/mol. The standard InChI is InChI=1S/C9H13NO3S/c1-5-7(4-11)14-9(10-5)8(12)6(2)13-3/h4,6,8,12H,1-3H3. The smallest absolute Gasteiger partial charge is 0.161 e. The molecule has 0 aliphatic rings. The number of thiazole rings is 1.